The third-order valence-corrected chi connectivity index (χ3v) is 5.98. The first-order valence-corrected chi connectivity index (χ1v) is 10.3. The zero-order valence-electron chi connectivity index (χ0n) is 17.1. The van der Waals surface area contributed by atoms with E-state index in [0.717, 1.165) is 18.2 Å². The second-order valence-electron chi connectivity index (χ2n) is 7.77. The van der Waals surface area contributed by atoms with E-state index in [0.29, 0.717) is 5.56 Å². The molecule has 0 radical (unpaired) electrons. The number of esters is 1. The summed E-state index contributed by atoms with van der Waals surface area (Å²) in [6.45, 7) is 0. The number of rotatable bonds is 2. The van der Waals surface area contributed by atoms with Gasteiger partial charge in [-0.3, -0.25) is 9.59 Å². The van der Waals surface area contributed by atoms with Gasteiger partial charge in [0, 0.05) is 23.1 Å². The van der Waals surface area contributed by atoms with Crippen LogP contribution in [-0.2, 0) is 4.79 Å². The van der Waals surface area contributed by atoms with E-state index in [-0.39, 0.29) is 50.8 Å². The monoisotopic (exact) mass is 482 g/mol. The highest BCUT2D eigenvalue weighted by molar-refractivity contribution is 6.32. The van der Waals surface area contributed by atoms with Crippen molar-refractivity contribution < 1.29 is 39.5 Å². The van der Waals surface area contributed by atoms with Crippen molar-refractivity contribution in [2.75, 3.05) is 0 Å². The van der Waals surface area contributed by atoms with Crippen molar-refractivity contribution in [2.45, 2.75) is 12.3 Å². The molecule has 0 aliphatic carbocycles. The van der Waals surface area contributed by atoms with E-state index in [4.69, 9.17) is 20.8 Å². The van der Waals surface area contributed by atoms with Gasteiger partial charge in [0.15, 0.2) is 17.3 Å². The summed E-state index contributed by atoms with van der Waals surface area (Å²) in [6, 6.07) is 9.00. The van der Waals surface area contributed by atoms with Gasteiger partial charge in [-0.1, -0.05) is 17.7 Å². The minimum absolute atomic E-state index is 0.0421. The third kappa shape index (κ3) is 3.25. The number of phenolic OH excluding ortho intramolecular Hbond substituents is 4. The number of carbonyl (C=O) groups excluding carboxylic acids is 1. The van der Waals surface area contributed by atoms with Gasteiger partial charge in [-0.05, 0) is 35.9 Å². The highest BCUT2D eigenvalue weighted by Crippen LogP contribution is 2.48. The summed E-state index contributed by atoms with van der Waals surface area (Å²) in [5.41, 5.74) is -0.283. The molecule has 2 heterocycles. The van der Waals surface area contributed by atoms with Gasteiger partial charge in [0.25, 0.3) is 0 Å². The van der Waals surface area contributed by atoms with Gasteiger partial charge in [0.1, 0.15) is 28.2 Å². The highest BCUT2D eigenvalue weighted by Gasteiger charge is 2.34. The number of halogens is 1. The number of carbonyl (C=O) groups is 1. The Balaban J connectivity index is 1.85. The van der Waals surface area contributed by atoms with Crippen LogP contribution >= 0.6 is 11.6 Å². The largest absolute Gasteiger partial charge is 0.507 e. The minimum Gasteiger partial charge on any atom is -0.507 e. The van der Waals surface area contributed by atoms with E-state index in [2.05, 4.69) is 0 Å². The standard InChI is InChI=1S/C24H15ClO9/c25-12-5-9(1-3-13(12)26)11-7-18(30)33-17-8-16(29)20-21(31)22(32)23(34-24(20)19(11)17)10-2-4-14(27)15(28)6-10/h1-6,8,11,26-29,32H,7H2. The third-order valence-electron chi connectivity index (χ3n) is 5.68. The minimum atomic E-state index is -0.955. The number of hydrogen-bond donors (Lipinski definition) is 5. The summed E-state index contributed by atoms with van der Waals surface area (Å²) in [5, 5.41) is 50.0. The molecule has 0 amide bonds. The molecule has 1 atom stereocenters. The summed E-state index contributed by atoms with van der Waals surface area (Å²) in [5.74, 6) is -4.22. The molecule has 1 aliphatic heterocycles. The van der Waals surface area contributed by atoms with Crippen molar-refractivity contribution in [2.24, 2.45) is 0 Å². The second kappa shape index (κ2) is 7.60. The number of aromatic hydroxyl groups is 5. The fourth-order valence-corrected chi connectivity index (χ4v) is 4.26. The molecule has 0 bridgehead atoms. The summed E-state index contributed by atoms with van der Waals surface area (Å²) < 4.78 is 11.2. The maximum absolute atomic E-state index is 13.0. The Morgan fingerprint density at radius 2 is 1.59 bits per heavy atom. The van der Waals surface area contributed by atoms with Gasteiger partial charge in [-0.25, -0.2) is 0 Å². The first-order valence-electron chi connectivity index (χ1n) is 9.92. The maximum Gasteiger partial charge on any atom is 0.312 e. The van der Waals surface area contributed by atoms with Crippen LogP contribution in [-0.4, -0.2) is 31.5 Å². The zero-order valence-corrected chi connectivity index (χ0v) is 17.8. The second-order valence-corrected chi connectivity index (χ2v) is 8.17. The van der Waals surface area contributed by atoms with Crippen LogP contribution < -0.4 is 10.2 Å². The molecule has 172 valence electrons. The molecular weight excluding hydrogens is 468 g/mol. The number of benzene rings is 3. The molecule has 0 fully saturated rings. The lowest BCUT2D eigenvalue weighted by molar-refractivity contribution is -0.135. The molecule has 1 aromatic heterocycles. The Bertz CT molecular complexity index is 1570. The van der Waals surface area contributed by atoms with Crippen LogP contribution in [0.3, 0.4) is 0 Å². The van der Waals surface area contributed by atoms with Crippen LogP contribution in [0, 0.1) is 0 Å². The first-order chi connectivity index (χ1) is 16.2. The molecule has 0 spiro atoms. The maximum atomic E-state index is 13.0. The molecule has 9 nitrogen and oxygen atoms in total. The summed E-state index contributed by atoms with van der Waals surface area (Å²) in [6.07, 6.45) is -0.159. The summed E-state index contributed by atoms with van der Waals surface area (Å²) in [7, 11) is 0. The lowest BCUT2D eigenvalue weighted by atomic mass is 9.85. The molecule has 4 aromatic rings. The fraction of sp³-hybridized carbons (Fsp3) is 0.0833. The van der Waals surface area contributed by atoms with Crippen LogP contribution in [0.15, 0.2) is 51.7 Å². The smallest absolute Gasteiger partial charge is 0.312 e. The molecule has 34 heavy (non-hydrogen) atoms. The van der Waals surface area contributed by atoms with Crippen molar-refractivity contribution in [3.63, 3.8) is 0 Å². The van der Waals surface area contributed by atoms with E-state index in [1.165, 1.54) is 18.2 Å². The molecule has 0 saturated carbocycles. The zero-order chi connectivity index (χ0) is 24.3. The molecule has 5 rings (SSSR count). The molecule has 1 aliphatic rings. The summed E-state index contributed by atoms with van der Waals surface area (Å²) >= 11 is 6.06. The lowest BCUT2D eigenvalue weighted by Gasteiger charge is -2.26. The first kappa shape index (κ1) is 21.5. The predicted octanol–water partition coefficient (Wildman–Crippen LogP) is 4.08. The van der Waals surface area contributed by atoms with Gasteiger partial charge in [0.2, 0.25) is 11.2 Å². The Kier molecular flexibility index (Phi) is 4.80. The SMILES string of the molecule is O=C1CC(c2ccc(O)c(Cl)c2)c2c(cc(O)c3c(=O)c(O)c(-c4ccc(O)c(O)c4)oc23)O1. The van der Waals surface area contributed by atoms with Gasteiger partial charge in [-0.15, -0.1) is 0 Å². The molecule has 3 aromatic carbocycles. The molecule has 5 N–H and O–H groups in total. The van der Waals surface area contributed by atoms with Gasteiger partial charge in [0.05, 0.1) is 11.4 Å². The van der Waals surface area contributed by atoms with Crippen molar-refractivity contribution in [3.05, 3.63) is 68.8 Å². The van der Waals surface area contributed by atoms with E-state index < -0.39 is 40.3 Å². The van der Waals surface area contributed by atoms with Crippen LogP contribution in [0.2, 0.25) is 5.02 Å². The quantitative estimate of drug-likeness (QED) is 0.161. The Labute approximate surface area is 195 Å². The number of phenols is 4. The van der Waals surface area contributed by atoms with Gasteiger partial charge < -0.3 is 34.7 Å². The highest BCUT2D eigenvalue weighted by atomic mass is 35.5. The fourth-order valence-electron chi connectivity index (χ4n) is 4.07. The van der Waals surface area contributed by atoms with E-state index in [1.54, 1.807) is 6.07 Å². The summed E-state index contributed by atoms with van der Waals surface area (Å²) in [4.78, 5) is 25.4. The van der Waals surface area contributed by atoms with Gasteiger partial charge >= 0.3 is 5.97 Å². The molecular formula is C24H15ClO9. The Morgan fingerprint density at radius 3 is 2.29 bits per heavy atom. The van der Waals surface area contributed by atoms with Gasteiger partial charge in [-0.2, -0.15) is 0 Å². The van der Waals surface area contributed by atoms with E-state index in [1.807, 2.05) is 0 Å². The number of ether oxygens (including phenoxy) is 1. The average Bonchev–Trinajstić information content (AvgIpc) is 2.78. The topological polar surface area (TPSA) is 158 Å². The average molecular weight is 483 g/mol. The van der Waals surface area contributed by atoms with Crippen molar-refractivity contribution >= 4 is 28.5 Å². The molecule has 0 saturated heterocycles. The van der Waals surface area contributed by atoms with Crippen LogP contribution in [0.4, 0.5) is 0 Å². The number of hydrogen-bond acceptors (Lipinski definition) is 9. The normalized spacial score (nSPS) is 15.2. The Hall–Kier alpha value is -4.37. The lowest BCUT2D eigenvalue weighted by Crippen LogP contribution is -2.22. The Morgan fingerprint density at radius 1 is 0.853 bits per heavy atom. The van der Waals surface area contributed by atoms with Crippen molar-refractivity contribution in [3.8, 4) is 45.8 Å². The molecule has 1 unspecified atom stereocenters. The number of fused-ring (bicyclic) bond motifs is 3. The van der Waals surface area contributed by atoms with Crippen molar-refractivity contribution in [1.29, 1.82) is 0 Å². The van der Waals surface area contributed by atoms with Crippen LogP contribution in [0.1, 0.15) is 23.5 Å². The molecule has 10 heteroatoms. The van der Waals surface area contributed by atoms with E-state index in [9.17, 15) is 35.1 Å². The predicted molar refractivity (Wildman–Crippen MR) is 120 cm³/mol. The van der Waals surface area contributed by atoms with E-state index >= 15 is 0 Å². The van der Waals surface area contributed by atoms with Crippen LogP contribution in [0.25, 0.3) is 22.3 Å². The van der Waals surface area contributed by atoms with Crippen LogP contribution in [0.5, 0.6) is 34.5 Å². The van der Waals surface area contributed by atoms with Crippen molar-refractivity contribution in [1.82, 2.24) is 0 Å².